The van der Waals surface area contributed by atoms with Crippen molar-refractivity contribution in [3.63, 3.8) is 0 Å². The Labute approximate surface area is 99.4 Å². The van der Waals surface area contributed by atoms with Gasteiger partial charge in [0.2, 0.25) is 0 Å². The molecule has 17 heavy (non-hydrogen) atoms. The first-order valence-corrected chi connectivity index (χ1v) is 5.26. The normalized spacial score (nSPS) is 11.6. The summed E-state index contributed by atoms with van der Waals surface area (Å²) in [6, 6.07) is 5.79. The Bertz CT molecular complexity index is 417. The topological polar surface area (TPSA) is 75.6 Å². The Kier molecular flexibility index (Phi) is 4.51. The van der Waals surface area contributed by atoms with Crippen molar-refractivity contribution in [2.45, 2.75) is 19.4 Å². The molecule has 0 aliphatic carbocycles. The van der Waals surface area contributed by atoms with Crippen molar-refractivity contribution < 1.29 is 19.4 Å². The first-order chi connectivity index (χ1) is 8.10. The summed E-state index contributed by atoms with van der Waals surface area (Å²) in [6.07, 6.45) is 0.330. The molecular weight excluding hydrogens is 222 g/mol. The number of para-hydroxylation sites is 1. The highest BCUT2D eigenvalue weighted by atomic mass is 16.5. The van der Waals surface area contributed by atoms with E-state index in [0.717, 1.165) is 0 Å². The highest BCUT2D eigenvalue weighted by Crippen LogP contribution is 2.17. The van der Waals surface area contributed by atoms with Gasteiger partial charge < -0.3 is 15.2 Å². The molecular formula is C12H15NO4. The van der Waals surface area contributed by atoms with Crippen molar-refractivity contribution in [2.75, 3.05) is 7.11 Å². The molecule has 1 aromatic carbocycles. The number of carboxylic acid groups (broad SMARTS) is 1. The van der Waals surface area contributed by atoms with Crippen LogP contribution in [0.2, 0.25) is 0 Å². The summed E-state index contributed by atoms with van der Waals surface area (Å²) in [7, 11) is 1.46. The summed E-state index contributed by atoms with van der Waals surface area (Å²) in [5, 5.41) is 11.3. The van der Waals surface area contributed by atoms with Crippen LogP contribution >= 0.6 is 0 Å². The molecule has 0 aliphatic rings. The van der Waals surface area contributed by atoms with Gasteiger partial charge in [-0.2, -0.15) is 0 Å². The highest BCUT2D eigenvalue weighted by molar-refractivity contribution is 5.98. The quantitative estimate of drug-likeness (QED) is 0.809. The van der Waals surface area contributed by atoms with Gasteiger partial charge in [0.05, 0.1) is 12.7 Å². The Morgan fingerprint density at radius 3 is 2.59 bits per heavy atom. The number of carboxylic acids is 1. The zero-order valence-electron chi connectivity index (χ0n) is 9.77. The van der Waals surface area contributed by atoms with E-state index in [2.05, 4.69) is 5.32 Å². The largest absolute Gasteiger partial charge is 0.496 e. The molecule has 1 atom stereocenters. The number of carbonyl (C=O) groups excluding carboxylic acids is 1. The van der Waals surface area contributed by atoms with Crippen LogP contribution in [-0.2, 0) is 4.79 Å². The first kappa shape index (κ1) is 13.0. The average molecular weight is 237 g/mol. The van der Waals surface area contributed by atoms with Gasteiger partial charge in [-0.3, -0.25) is 4.79 Å². The van der Waals surface area contributed by atoms with E-state index in [-0.39, 0.29) is 0 Å². The summed E-state index contributed by atoms with van der Waals surface area (Å²) in [4.78, 5) is 22.6. The minimum absolute atomic E-state index is 0.328. The molecule has 5 nitrogen and oxygen atoms in total. The number of aliphatic carboxylic acids is 1. The standard InChI is InChI=1S/C12H15NO4/c1-3-9(12(15)16)13-11(14)8-6-4-5-7-10(8)17-2/h4-7,9H,3H2,1-2H3,(H,13,14)(H,15,16)/t9-/m1/s1. The number of methoxy groups -OCH3 is 1. The smallest absolute Gasteiger partial charge is 0.326 e. The molecule has 1 amide bonds. The molecule has 1 aromatic rings. The van der Waals surface area contributed by atoms with Crippen molar-refractivity contribution in [3.05, 3.63) is 29.8 Å². The maximum Gasteiger partial charge on any atom is 0.326 e. The van der Waals surface area contributed by atoms with E-state index in [1.807, 2.05) is 0 Å². The van der Waals surface area contributed by atoms with Gasteiger partial charge in [0.25, 0.3) is 5.91 Å². The van der Waals surface area contributed by atoms with Crippen molar-refractivity contribution in [1.29, 1.82) is 0 Å². The third kappa shape index (κ3) is 3.21. The number of benzene rings is 1. The third-order valence-corrected chi connectivity index (χ3v) is 2.36. The number of amides is 1. The van der Waals surface area contributed by atoms with Gasteiger partial charge in [-0.1, -0.05) is 19.1 Å². The van der Waals surface area contributed by atoms with Gasteiger partial charge in [-0.25, -0.2) is 4.79 Å². The van der Waals surface area contributed by atoms with Gasteiger partial charge in [-0.05, 0) is 18.6 Å². The van der Waals surface area contributed by atoms with Crippen LogP contribution in [0.25, 0.3) is 0 Å². The minimum atomic E-state index is -1.05. The third-order valence-electron chi connectivity index (χ3n) is 2.36. The molecule has 0 unspecified atom stereocenters. The van der Waals surface area contributed by atoms with Crippen molar-refractivity contribution in [1.82, 2.24) is 5.32 Å². The van der Waals surface area contributed by atoms with E-state index < -0.39 is 17.9 Å². The van der Waals surface area contributed by atoms with Gasteiger partial charge in [0.15, 0.2) is 0 Å². The number of ether oxygens (including phenoxy) is 1. The molecule has 0 heterocycles. The molecule has 1 rings (SSSR count). The van der Waals surface area contributed by atoms with E-state index in [4.69, 9.17) is 9.84 Å². The second-order valence-electron chi connectivity index (χ2n) is 3.47. The van der Waals surface area contributed by atoms with Crippen LogP contribution in [0.4, 0.5) is 0 Å². The summed E-state index contributed by atoms with van der Waals surface area (Å²) in [6.45, 7) is 1.70. The highest BCUT2D eigenvalue weighted by Gasteiger charge is 2.20. The van der Waals surface area contributed by atoms with E-state index in [1.165, 1.54) is 7.11 Å². The molecule has 0 saturated heterocycles. The molecule has 92 valence electrons. The van der Waals surface area contributed by atoms with Crippen LogP contribution in [0, 0.1) is 0 Å². The Hall–Kier alpha value is -2.04. The Balaban J connectivity index is 2.86. The van der Waals surface area contributed by atoms with Gasteiger partial charge >= 0.3 is 5.97 Å². The predicted molar refractivity (Wildman–Crippen MR) is 62.2 cm³/mol. The van der Waals surface area contributed by atoms with Crippen LogP contribution in [0.5, 0.6) is 5.75 Å². The zero-order chi connectivity index (χ0) is 12.8. The second kappa shape index (κ2) is 5.89. The zero-order valence-corrected chi connectivity index (χ0v) is 9.77. The summed E-state index contributed by atoms with van der Waals surface area (Å²) in [5.41, 5.74) is 0.328. The number of hydrogen-bond donors (Lipinski definition) is 2. The Morgan fingerprint density at radius 2 is 2.06 bits per heavy atom. The SMILES string of the molecule is CC[C@@H](NC(=O)c1ccccc1OC)C(=O)O. The van der Waals surface area contributed by atoms with Crippen LogP contribution in [0.1, 0.15) is 23.7 Å². The van der Waals surface area contributed by atoms with Crippen molar-refractivity contribution >= 4 is 11.9 Å². The lowest BCUT2D eigenvalue weighted by molar-refractivity contribution is -0.139. The monoisotopic (exact) mass is 237 g/mol. The lowest BCUT2D eigenvalue weighted by Gasteiger charge is -2.13. The molecule has 0 fully saturated rings. The maximum absolute atomic E-state index is 11.8. The number of rotatable bonds is 5. The van der Waals surface area contributed by atoms with E-state index in [9.17, 15) is 9.59 Å². The molecule has 0 saturated carbocycles. The number of carbonyl (C=O) groups is 2. The molecule has 0 bridgehead atoms. The fraction of sp³-hybridized carbons (Fsp3) is 0.333. The van der Waals surface area contributed by atoms with E-state index in [1.54, 1.807) is 31.2 Å². The summed E-state index contributed by atoms with van der Waals surface area (Å²) >= 11 is 0. The minimum Gasteiger partial charge on any atom is -0.496 e. The first-order valence-electron chi connectivity index (χ1n) is 5.26. The number of hydrogen-bond acceptors (Lipinski definition) is 3. The predicted octanol–water partition coefficient (Wildman–Crippen LogP) is 1.29. The van der Waals surface area contributed by atoms with Gasteiger partial charge in [0.1, 0.15) is 11.8 Å². The van der Waals surface area contributed by atoms with Gasteiger partial charge in [0, 0.05) is 0 Å². The maximum atomic E-state index is 11.8. The lowest BCUT2D eigenvalue weighted by atomic mass is 10.1. The van der Waals surface area contributed by atoms with Gasteiger partial charge in [-0.15, -0.1) is 0 Å². The number of nitrogens with one attached hydrogen (secondary N) is 1. The fourth-order valence-electron chi connectivity index (χ4n) is 1.41. The van der Waals surface area contributed by atoms with E-state index >= 15 is 0 Å². The van der Waals surface area contributed by atoms with E-state index in [0.29, 0.717) is 17.7 Å². The van der Waals surface area contributed by atoms with Crippen LogP contribution in [0.15, 0.2) is 24.3 Å². The fourth-order valence-corrected chi connectivity index (χ4v) is 1.41. The molecule has 0 aromatic heterocycles. The molecule has 0 radical (unpaired) electrons. The van der Waals surface area contributed by atoms with Crippen LogP contribution in [0.3, 0.4) is 0 Å². The Morgan fingerprint density at radius 1 is 1.41 bits per heavy atom. The summed E-state index contributed by atoms with van der Waals surface area (Å²) < 4.78 is 5.03. The van der Waals surface area contributed by atoms with Crippen molar-refractivity contribution in [2.24, 2.45) is 0 Å². The second-order valence-corrected chi connectivity index (χ2v) is 3.47. The lowest BCUT2D eigenvalue weighted by Crippen LogP contribution is -2.40. The van der Waals surface area contributed by atoms with Crippen molar-refractivity contribution in [3.8, 4) is 5.75 Å². The summed E-state index contributed by atoms with van der Waals surface area (Å²) in [5.74, 6) is -1.07. The van der Waals surface area contributed by atoms with Crippen LogP contribution in [-0.4, -0.2) is 30.1 Å². The molecule has 0 spiro atoms. The molecule has 2 N–H and O–H groups in total. The molecule has 0 aliphatic heterocycles. The van der Waals surface area contributed by atoms with Crippen LogP contribution < -0.4 is 10.1 Å². The average Bonchev–Trinajstić information content (AvgIpc) is 2.35. The molecule has 5 heteroatoms.